The maximum absolute atomic E-state index is 13.4. The fourth-order valence-electron chi connectivity index (χ4n) is 4.69. The molecule has 5 nitrogen and oxygen atoms in total. The molecule has 1 unspecified atom stereocenters. The van der Waals surface area contributed by atoms with Crippen molar-refractivity contribution in [2.24, 2.45) is 5.92 Å². The molecular weight excluding hydrogens is 426 g/mol. The summed E-state index contributed by atoms with van der Waals surface area (Å²) in [4.78, 5) is 23.9. The van der Waals surface area contributed by atoms with Crippen LogP contribution in [0.25, 0.3) is 0 Å². The first-order chi connectivity index (χ1) is 15.9. The average molecular weight is 459 g/mol. The molecule has 1 atom stereocenters. The van der Waals surface area contributed by atoms with Gasteiger partial charge in [0.25, 0.3) is 0 Å². The van der Waals surface area contributed by atoms with Gasteiger partial charge in [-0.2, -0.15) is 0 Å². The van der Waals surface area contributed by atoms with E-state index in [1.165, 1.54) is 30.7 Å². The number of carbonyl (C=O) groups excluding carboxylic acids is 1. The van der Waals surface area contributed by atoms with Crippen molar-refractivity contribution in [3.8, 4) is 0 Å². The van der Waals surface area contributed by atoms with E-state index >= 15 is 0 Å². The SMILES string of the molecule is O=C(O)NC(CC1CCCCC1)C(=O)NCCCC(c1ccc(F)cc1)c1ccc(F)cc1. The number of hydrogen-bond donors (Lipinski definition) is 3. The first-order valence-corrected chi connectivity index (χ1v) is 11.7. The van der Waals surface area contributed by atoms with Gasteiger partial charge in [0.05, 0.1) is 0 Å². The molecular formula is C26H32F2N2O3. The normalized spacial score (nSPS) is 15.2. The molecule has 0 bridgehead atoms. The Labute approximate surface area is 193 Å². The third kappa shape index (κ3) is 7.84. The second-order valence-electron chi connectivity index (χ2n) is 8.83. The minimum Gasteiger partial charge on any atom is -0.465 e. The van der Waals surface area contributed by atoms with Crippen LogP contribution in [-0.4, -0.2) is 29.7 Å². The molecule has 0 aromatic heterocycles. The Bertz CT molecular complexity index is 851. The standard InChI is InChI=1S/C26H32F2N2O3/c27-21-12-8-19(9-13-21)23(20-10-14-22(28)15-11-20)7-4-16-29-25(31)24(30-26(32)33)17-18-5-2-1-3-6-18/h8-15,18,23-24,30H,1-7,16-17H2,(H,29,31)(H,32,33). The summed E-state index contributed by atoms with van der Waals surface area (Å²) < 4.78 is 26.8. The summed E-state index contributed by atoms with van der Waals surface area (Å²) in [5.41, 5.74) is 1.83. The second-order valence-corrected chi connectivity index (χ2v) is 8.83. The predicted molar refractivity (Wildman–Crippen MR) is 123 cm³/mol. The quantitative estimate of drug-likeness (QED) is 0.406. The van der Waals surface area contributed by atoms with Gasteiger partial charge in [0, 0.05) is 12.5 Å². The maximum Gasteiger partial charge on any atom is 0.405 e. The zero-order chi connectivity index (χ0) is 23.6. The van der Waals surface area contributed by atoms with Crippen LogP contribution in [0.15, 0.2) is 48.5 Å². The van der Waals surface area contributed by atoms with Crippen LogP contribution < -0.4 is 10.6 Å². The second kappa shape index (κ2) is 12.3. The Hall–Kier alpha value is -2.96. The van der Waals surface area contributed by atoms with Gasteiger partial charge < -0.3 is 15.7 Å². The zero-order valence-corrected chi connectivity index (χ0v) is 18.7. The molecule has 2 aromatic carbocycles. The van der Waals surface area contributed by atoms with Gasteiger partial charge in [-0.3, -0.25) is 4.79 Å². The summed E-state index contributed by atoms with van der Waals surface area (Å²) in [6.45, 7) is 0.389. The molecule has 1 saturated carbocycles. The highest BCUT2D eigenvalue weighted by atomic mass is 19.1. The van der Waals surface area contributed by atoms with Gasteiger partial charge >= 0.3 is 6.09 Å². The van der Waals surface area contributed by atoms with Crippen molar-refractivity contribution in [1.29, 1.82) is 0 Å². The molecule has 2 amide bonds. The number of hydrogen-bond acceptors (Lipinski definition) is 2. The van der Waals surface area contributed by atoms with Gasteiger partial charge in [-0.05, 0) is 60.6 Å². The monoisotopic (exact) mass is 458 g/mol. The molecule has 178 valence electrons. The first kappa shape index (κ1) is 24.7. The fraction of sp³-hybridized carbons (Fsp3) is 0.462. The van der Waals surface area contributed by atoms with Gasteiger partial charge in [-0.15, -0.1) is 0 Å². The minimum atomic E-state index is -1.20. The van der Waals surface area contributed by atoms with Gasteiger partial charge in [0.2, 0.25) is 5.91 Å². The summed E-state index contributed by atoms with van der Waals surface area (Å²) in [7, 11) is 0. The summed E-state index contributed by atoms with van der Waals surface area (Å²) in [5.74, 6) is -0.651. The van der Waals surface area contributed by atoms with Crippen LogP contribution in [0.1, 0.15) is 68.4 Å². The first-order valence-electron chi connectivity index (χ1n) is 11.7. The molecule has 0 saturated heterocycles. The molecule has 0 spiro atoms. The molecule has 3 rings (SSSR count). The van der Waals surface area contributed by atoms with Crippen molar-refractivity contribution in [3.63, 3.8) is 0 Å². The van der Waals surface area contributed by atoms with E-state index in [-0.39, 0.29) is 23.5 Å². The molecule has 33 heavy (non-hydrogen) atoms. The molecule has 0 heterocycles. The molecule has 0 radical (unpaired) electrons. The van der Waals surface area contributed by atoms with E-state index < -0.39 is 12.1 Å². The van der Waals surface area contributed by atoms with E-state index in [1.54, 1.807) is 24.3 Å². The largest absolute Gasteiger partial charge is 0.465 e. The third-order valence-corrected chi connectivity index (χ3v) is 6.42. The van der Waals surface area contributed by atoms with Gasteiger partial charge in [0.15, 0.2) is 0 Å². The molecule has 7 heteroatoms. The number of amides is 2. The highest BCUT2D eigenvalue weighted by molar-refractivity contribution is 5.85. The number of carbonyl (C=O) groups is 2. The molecule has 3 N–H and O–H groups in total. The molecule has 0 aliphatic heterocycles. The van der Waals surface area contributed by atoms with Crippen LogP contribution in [0.3, 0.4) is 0 Å². The van der Waals surface area contributed by atoms with Crippen molar-refractivity contribution in [3.05, 3.63) is 71.3 Å². The van der Waals surface area contributed by atoms with Crippen LogP contribution in [0, 0.1) is 17.6 Å². The average Bonchev–Trinajstić information content (AvgIpc) is 2.80. The van der Waals surface area contributed by atoms with Crippen LogP contribution in [0.4, 0.5) is 13.6 Å². The minimum absolute atomic E-state index is 0.0710. The van der Waals surface area contributed by atoms with E-state index in [0.29, 0.717) is 31.7 Å². The maximum atomic E-state index is 13.4. The van der Waals surface area contributed by atoms with E-state index in [0.717, 1.165) is 36.8 Å². The molecule has 1 aliphatic carbocycles. The van der Waals surface area contributed by atoms with Crippen LogP contribution in [0.5, 0.6) is 0 Å². The Morgan fingerprint density at radius 3 is 1.97 bits per heavy atom. The number of benzene rings is 2. The van der Waals surface area contributed by atoms with Crippen molar-refractivity contribution in [1.82, 2.24) is 10.6 Å². The summed E-state index contributed by atoms with van der Waals surface area (Å²) >= 11 is 0. The van der Waals surface area contributed by atoms with Crippen molar-refractivity contribution < 1.29 is 23.5 Å². The highest BCUT2D eigenvalue weighted by Crippen LogP contribution is 2.30. The summed E-state index contributed by atoms with van der Waals surface area (Å²) in [6.07, 6.45) is 6.13. The van der Waals surface area contributed by atoms with E-state index in [4.69, 9.17) is 5.11 Å². The highest BCUT2D eigenvalue weighted by Gasteiger charge is 2.25. The Balaban J connectivity index is 1.57. The smallest absolute Gasteiger partial charge is 0.405 e. The van der Waals surface area contributed by atoms with E-state index in [2.05, 4.69) is 10.6 Å². The van der Waals surface area contributed by atoms with E-state index in [1.807, 2.05) is 0 Å². The third-order valence-electron chi connectivity index (χ3n) is 6.42. The van der Waals surface area contributed by atoms with Crippen molar-refractivity contribution in [2.75, 3.05) is 6.54 Å². The lowest BCUT2D eigenvalue weighted by molar-refractivity contribution is -0.123. The van der Waals surface area contributed by atoms with Gasteiger partial charge in [-0.1, -0.05) is 56.4 Å². The number of nitrogens with one attached hydrogen (secondary N) is 2. The zero-order valence-electron chi connectivity index (χ0n) is 18.7. The summed E-state index contributed by atoms with van der Waals surface area (Å²) in [5, 5.41) is 14.4. The Kier molecular flexibility index (Phi) is 9.22. The Morgan fingerprint density at radius 1 is 0.909 bits per heavy atom. The van der Waals surface area contributed by atoms with Gasteiger partial charge in [0.1, 0.15) is 17.7 Å². The van der Waals surface area contributed by atoms with Crippen LogP contribution in [-0.2, 0) is 4.79 Å². The molecule has 1 fully saturated rings. The number of rotatable bonds is 10. The van der Waals surface area contributed by atoms with Gasteiger partial charge in [-0.25, -0.2) is 13.6 Å². The van der Waals surface area contributed by atoms with Crippen molar-refractivity contribution >= 4 is 12.0 Å². The number of halogens is 2. The lowest BCUT2D eigenvalue weighted by atomic mass is 9.84. The summed E-state index contributed by atoms with van der Waals surface area (Å²) in [6, 6.07) is 11.7. The van der Waals surface area contributed by atoms with Crippen molar-refractivity contribution in [2.45, 2.75) is 63.3 Å². The van der Waals surface area contributed by atoms with Crippen LogP contribution >= 0.6 is 0 Å². The lowest BCUT2D eigenvalue weighted by Crippen LogP contribution is -2.47. The number of carboxylic acid groups (broad SMARTS) is 1. The Morgan fingerprint density at radius 2 is 1.45 bits per heavy atom. The lowest BCUT2D eigenvalue weighted by Gasteiger charge is -2.26. The fourth-order valence-corrected chi connectivity index (χ4v) is 4.69. The van der Waals surface area contributed by atoms with Crippen LogP contribution in [0.2, 0.25) is 0 Å². The molecule has 2 aromatic rings. The predicted octanol–water partition coefficient (Wildman–Crippen LogP) is 5.60. The topological polar surface area (TPSA) is 78.4 Å². The molecule has 1 aliphatic rings. The van der Waals surface area contributed by atoms with E-state index in [9.17, 15) is 18.4 Å².